The summed E-state index contributed by atoms with van der Waals surface area (Å²) >= 11 is 1.38. The zero-order valence-corrected chi connectivity index (χ0v) is 18.0. The normalized spacial score (nSPS) is 14.2. The minimum Gasteiger partial charge on any atom is -0.329 e. The minimum absolute atomic E-state index is 0.0347. The van der Waals surface area contributed by atoms with Crippen LogP contribution in [-0.4, -0.2) is 31.4 Å². The summed E-state index contributed by atoms with van der Waals surface area (Å²) in [6.07, 6.45) is 11.2. The molecule has 29 heavy (non-hydrogen) atoms. The molecule has 2 aromatic heterocycles. The van der Waals surface area contributed by atoms with Gasteiger partial charge in [-0.05, 0) is 36.5 Å². The summed E-state index contributed by atoms with van der Waals surface area (Å²) in [6.45, 7) is 11.0. The van der Waals surface area contributed by atoms with E-state index >= 15 is 0 Å². The van der Waals surface area contributed by atoms with Crippen molar-refractivity contribution in [3.63, 3.8) is 0 Å². The van der Waals surface area contributed by atoms with Gasteiger partial charge in [0.05, 0.1) is 5.75 Å². The van der Waals surface area contributed by atoms with Gasteiger partial charge in [-0.3, -0.25) is 14.3 Å². The third kappa shape index (κ3) is 5.44. The highest BCUT2D eigenvalue weighted by atomic mass is 32.2. The Labute approximate surface area is 176 Å². The Kier molecular flexibility index (Phi) is 6.69. The molecule has 0 fully saturated rings. The molecule has 6 nitrogen and oxygen atoms in total. The Morgan fingerprint density at radius 2 is 2.00 bits per heavy atom. The van der Waals surface area contributed by atoms with Gasteiger partial charge in [-0.25, -0.2) is 0 Å². The molecule has 0 bridgehead atoms. The summed E-state index contributed by atoms with van der Waals surface area (Å²) in [6, 6.07) is 3.78. The molecular formula is C22H27N5OS. The number of hydrogen-bond donors (Lipinski definition) is 1. The lowest BCUT2D eigenvalue weighted by Crippen LogP contribution is -2.26. The molecule has 7 heteroatoms. The minimum atomic E-state index is -0.0347. The van der Waals surface area contributed by atoms with E-state index in [2.05, 4.69) is 53.9 Å². The van der Waals surface area contributed by atoms with Gasteiger partial charge in [-0.2, -0.15) is 0 Å². The third-order valence-electron chi connectivity index (χ3n) is 4.71. The highest BCUT2D eigenvalue weighted by molar-refractivity contribution is 7.99. The third-order valence-corrected chi connectivity index (χ3v) is 5.68. The van der Waals surface area contributed by atoms with Crippen LogP contribution >= 0.6 is 11.8 Å². The van der Waals surface area contributed by atoms with Gasteiger partial charge >= 0.3 is 0 Å². The fraction of sp³-hybridized carbons (Fsp3) is 0.364. The molecule has 0 unspecified atom stereocenters. The largest absolute Gasteiger partial charge is 0.329 e. The van der Waals surface area contributed by atoms with Crippen molar-refractivity contribution in [2.24, 2.45) is 5.41 Å². The van der Waals surface area contributed by atoms with E-state index < -0.39 is 0 Å². The fourth-order valence-corrected chi connectivity index (χ4v) is 3.86. The molecule has 3 rings (SSSR count). The predicted molar refractivity (Wildman–Crippen MR) is 117 cm³/mol. The van der Waals surface area contributed by atoms with E-state index in [1.165, 1.54) is 17.3 Å². The average Bonchev–Trinajstić information content (AvgIpc) is 3.10. The Hall–Kier alpha value is -2.67. The van der Waals surface area contributed by atoms with Gasteiger partial charge in [0, 0.05) is 30.2 Å². The second-order valence-electron chi connectivity index (χ2n) is 7.91. The van der Waals surface area contributed by atoms with Crippen LogP contribution in [0.2, 0.25) is 0 Å². The van der Waals surface area contributed by atoms with E-state index in [1.807, 2.05) is 22.8 Å². The van der Waals surface area contributed by atoms with Crippen molar-refractivity contribution in [2.45, 2.75) is 45.3 Å². The lowest BCUT2D eigenvalue weighted by atomic mass is 9.81. The van der Waals surface area contributed by atoms with E-state index in [4.69, 9.17) is 0 Å². The van der Waals surface area contributed by atoms with Crippen LogP contribution in [0.4, 0.5) is 0 Å². The molecule has 0 spiro atoms. The number of allylic oxidation sites excluding steroid dienone is 5. The standard InChI is InChI=1S/C22H27N5OS/c1-5-14-27-20(16-10-12-23-13-11-16)25-26-21(27)29-15-19(28)24-18-8-6-17(7-9-18)22(2,3)4/h5-6,8,10-13H,1,7,9,14-15H2,2-4H3,(H,24,28). The maximum absolute atomic E-state index is 12.4. The molecule has 0 aliphatic heterocycles. The highest BCUT2D eigenvalue weighted by Gasteiger charge is 2.20. The molecule has 1 N–H and O–H groups in total. The lowest BCUT2D eigenvalue weighted by molar-refractivity contribution is -0.117. The van der Waals surface area contributed by atoms with E-state index in [0.29, 0.717) is 11.7 Å². The maximum atomic E-state index is 12.4. The topological polar surface area (TPSA) is 72.7 Å². The van der Waals surface area contributed by atoms with Gasteiger partial charge in [0.25, 0.3) is 0 Å². The molecule has 0 atom stereocenters. The summed E-state index contributed by atoms with van der Waals surface area (Å²) in [4.78, 5) is 16.5. The summed E-state index contributed by atoms with van der Waals surface area (Å²) in [7, 11) is 0. The van der Waals surface area contributed by atoms with Crippen molar-refractivity contribution >= 4 is 17.7 Å². The van der Waals surface area contributed by atoms with Crippen molar-refractivity contribution in [3.8, 4) is 11.4 Å². The van der Waals surface area contributed by atoms with Gasteiger partial charge in [-0.15, -0.1) is 16.8 Å². The number of pyridine rings is 1. The Balaban J connectivity index is 1.64. The van der Waals surface area contributed by atoms with E-state index in [9.17, 15) is 4.79 Å². The number of carbonyl (C=O) groups is 1. The summed E-state index contributed by atoms with van der Waals surface area (Å²) in [5.74, 6) is 0.983. The Morgan fingerprint density at radius 3 is 2.62 bits per heavy atom. The summed E-state index contributed by atoms with van der Waals surface area (Å²) in [5, 5.41) is 12.3. The van der Waals surface area contributed by atoms with Crippen molar-refractivity contribution in [1.82, 2.24) is 25.1 Å². The molecule has 0 saturated heterocycles. The van der Waals surface area contributed by atoms with Crippen LogP contribution in [0.3, 0.4) is 0 Å². The zero-order valence-electron chi connectivity index (χ0n) is 17.2. The Morgan fingerprint density at radius 1 is 1.24 bits per heavy atom. The van der Waals surface area contributed by atoms with Crippen molar-refractivity contribution in [3.05, 3.63) is 60.6 Å². The first kappa shape index (κ1) is 21.0. The van der Waals surface area contributed by atoms with Crippen LogP contribution < -0.4 is 5.32 Å². The van der Waals surface area contributed by atoms with Gasteiger partial charge in [0.1, 0.15) is 0 Å². The molecule has 0 saturated carbocycles. The molecule has 0 radical (unpaired) electrons. The van der Waals surface area contributed by atoms with Crippen LogP contribution in [0.15, 0.2) is 65.8 Å². The number of rotatable bonds is 7. The van der Waals surface area contributed by atoms with E-state index in [1.54, 1.807) is 18.5 Å². The highest BCUT2D eigenvalue weighted by Crippen LogP contribution is 2.32. The summed E-state index contributed by atoms with van der Waals surface area (Å²) in [5.41, 5.74) is 3.48. The SMILES string of the molecule is C=CCn1c(SCC(=O)NC2=CC=C(C(C)(C)C)CC2)nnc1-c1ccncc1. The number of aromatic nitrogens is 4. The van der Waals surface area contributed by atoms with Crippen LogP contribution in [0.1, 0.15) is 33.6 Å². The molecule has 1 aliphatic carbocycles. The molecule has 0 aromatic carbocycles. The number of hydrogen-bond acceptors (Lipinski definition) is 5. The van der Waals surface area contributed by atoms with Gasteiger partial charge in [-0.1, -0.05) is 50.3 Å². The average molecular weight is 410 g/mol. The number of nitrogens with one attached hydrogen (secondary N) is 1. The molecule has 1 amide bonds. The van der Waals surface area contributed by atoms with Crippen LogP contribution in [0, 0.1) is 5.41 Å². The lowest BCUT2D eigenvalue weighted by Gasteiger charge is -2.26. The number of carbonyl (C=O) groups excluding carboxylic acids is 1. The van der Waals surface area contributed by atoms with E-state index in [0.717, 1.165) is 29.9 Å². The van der Waals surface area contributed by atoms with Crippen LogP contribution in [0.25, 0.3) is 11.4 Å². The monoisotopic (exact) mass is 409 g/mol. The molecule has 152 valence electrons. The van der Waals surface area contributed by atoms with E-state index in [-0.39, 0.29) is 17.1 Å². The van der Waals surface area contributed by atoms with Crippen molar-refractivity contribution in [2.75, 3.05) is 5.75 Å². The molecular weight excluding hydrogens is 382 g/mol. The predicted octanol–water partition coefficient (Wildman–Crippen LogP) is 4.38. The van der Waals surface area contributed by atoms with Crippen molar-refractivity contribution < 1.29 is 4.79 Å². The summed E-state index contributed by atoms with van der Waals surface area (Å²) < 4.78 is 1.96. The zero-order chi connectivity index (χ0) is 20.9. The molecule has 2 aromatic rings. The second-order valence-corrected chi connectivity index (χ2v) is 8.85. The van der Waals surface area contributed by atoms with Crippen LogP contribution in [0.5, 0.6) is 0 Å². The smallest absolute Gasteiger partial charge is 0.234 e. The number of amides is 1. The van der Waals surface area contributed by atoms with Crippen molar-refractivity contribution in [1.29, 1.82) is 0 Å². The van der Waals surface area contributed by atoms with Gasteiger partial charge in [0.2, 0.25) is 5.91 Å². The first-order valence-corrected chi connectivity index (χ1v) is 10.6. The fourth-order valence-electron chi connectivity index (χ4n) is 3.12. The first-order chi connectivity index (χ1) is 13.9. The second kappa shape index (κ2) is 9.22. The molecule has 1 aliphatic rings. The van der Waals surface area contributed by atoms with Gasteiger partial charge in [0.15, 0.2) is 11.0 Å². The number of thioether (sulfide) groups is 1. The first-order valence-electron chi connectivity index (χ1n) is 9.66. The van der Waals surface area contributed by atoms with Gasteiger partial charge < -0.3 is 5.32 Å². The van der Waals surface area contributed by atoms with Crippen LogP contribution in [-0.2, 0) is 11.3 Å². The number of nitrogens with zero attached hydrogens (tertiary/aromatic N) is 4. The quantitative estimate of drug-likeness (QED) is 0.542. The maximum Gasteiger partial charge on any atom is 0.234 e. The Bertz CT molecular complexity index is 938. The molecule has 2 heterocycles.